The van der Waals surface area contributed by atoms with Gasteiger partial charge in [-0.15, -0.1) is 0 Å². The van der Waals surface area contributed by atoms with Crippen molar-refractivity contribution in [2.45, 2.75) is 17.8 Å². The number of H-pyrrole nitrogens is 1. The number of hydrogen-bond donors (Lipinski definition) is 1. The second kappa shape index (κ2) is 7.11. The molecule has 1 aromatic carbocycles. The lowest BCUT2D eigenvalue weighted by Crippen LogP contribution is -2.08. The minimum atomic E-state index is -0.175. The van der Waals surface area contributed by atoms with Crippen molar-refractivity contribution in [3.63, 3.8) is 0 Å². The third-order valence-electron chi connectivity index (χ3n) is 3.17. The predicted molar refractivity (Wildman–Crippen MR) is 92.7 cm³/mol. The van der Waals surface area contributed by atoms with Crippen molar-refractivity contribution in [1.29, 1.82) is 0 Å². The van der Waals surface area contributed by atoms with Crippen LogP contribution in [0.2, 0.25) is 5.02 Å². The van der Waals surface area contributed by atoms with Gasteiger partial charge in [0.25, 0.3) is 5.56 Å². The molecule has 2 heterocycles. The molecule has 0 aliphatic rings. The zero-order valence-corrected chi connectivity index (χ0v) is 14.6. The summed E-state index contributed by atoms with van der Waals surface area (Å²) in [6.07, 6.45) is 1.64. The Morgan fingerprint density at radius 2 is 2.21 bits per heavy atom. The average Bonchev–Trinajstić information content (AvgIpc) is 3.01. The maximum absolute atomic E-state index is 11.4. The van der Waals surface area contributed by atoms with E-state index >= 15 is 0 Å². The number of benzene rings is 1. The Morgan fingerprint density at radius 1 is 1.38 bits per heavy atom. The van der Waals surface area contributed by atoms with Crippen molar-refractivity contribution >= 4 is 23.4 Å². The molecule has 0 amide bonds. The zero-order chi connectivity index (χ0) is 17.1. The number of aromatic nitrogens is 3. The van der Waals surface area contributed by atoms with Crippen molar-refractivity contribution < 1.29 is 9.15 Å². The first-order chi connectivity index (χ1) is 11.5. The number of rotatable bonds is 5. The number of nitrogens with one attached hydrogen (secondary N) is 1. The summed E-state index contributed by atoms with van der Waals surface area (Å²) in [5.74, 6) is 2.20. The molecule has 124 valence electrons. The Labute approximate surface area is 147 Å². The Bertz CT molecular complexity index is 923. The predicted octanol–water partition coefficient (Wildman–Crippen LogP) is 3.69. The minimum Gasteiger partial charge on any atom is -0.495 e. The summed E-state index contributed by atoms with van der Waals surface area (Å²) in [6, 6.07) is 6.83. The molecule has 0 saturated carbocycles. The van der Waals surface area contributed by atoms with Crippen LogP contribution in [0, 0.1) is 6.92 Å². The Balaban J connectivity index is 1.73. The van der Waals surface area contributed by atoms with Crippen LogP contribution in [-0.2, 0) is 5.75 Å². The molecule has 0 fully saturated rings. The van der Waals surface area contributed by atoms with E-state index in [1.165, 1.54) is 17.8 Å². The van der Waals surface area contributed by atoms with Gasteiger partial charge in [0.2, 0.25) is 5.89 Å². The number of aryl methyl sites for hydroxylation is 1. The van der Waals surface area contributed by atoms with Crippen molar-refractivity contribution in [3.05, 3.63) is 57.4 Å². The Kier molecular flexibility index (Phi) is 4.92. The summed E-state index contributed by atoms with van der Waals surface area (Å²) >= 11 is 7.47. The molecule has 0 spiro atoms. The van der Waals surface area contributed by atoms with E-state index in [0.29, 0.717) is 39.0 Å². The van der Waals surface area contributed by atoms with Crippen LogP contribution in [0.15, 0.2) is 44.8 Å². The van der Waals surface area contributed by atoms with E-state index < -0.39 is 0 Å². The first kappa shape index (κ1) is 16.6. The first-order valence-corrected chi connectivity index (χ1v) is 8.41. The highest BCUT2D eigenvalue weighted by Crippen LogP contribution is 2.31. The second-order valence-corrected chi connectivity index (χ2v) is 6.32. The quantitative estimate of drug-likeness (QED) is 0.550. The van der Waals surface area contributed by atoms with Gasteiger partial charge in [-0.3, -0.25) is 4.79 Å². The van der Waals surface area contributed by atoms with E-state index in [1.54, 1.807) is 32.4 Å². The fraction of sp³-hybridized carbons (Fsp3) is 0.188. The van der Waals surface area contributed by atoms with E-state index in [-0.39, 0.29) is 5.56 Å². The summed E-state index contributed by atoms with van der Waals surface area (Å²) in [4.78, 5) is 22.6. The number of hydrogen-bond acceptors (Lipinski definition) is 6. The number of ether oxygens (including phenoxy) is 1. The molecule has 24 heavy (non-hydrogen) atoms. The molecule has 0 atom stereocenters. The highest BCUT2D eigenvalue weighted by Gasteiger charge is 2.10. The number of halogens is 1. The zero-order valence-electron chi connectivity index (χ0n) is 13.0. The number of thioether (sulfide) groups is 1. The lowest BCUT2D eigenvalue weighted by atomic mass is 10.2. The average molecular weight is 364 g/mol. The van der Waals surface area contributed by atoms with Crippen LogP contribution in [0.25, 0.3) is 11.3 Å². The van der Waals surface area contributed by atoms with Gasteiger partial charge in [0.15, 0.2) is 10.9 Å². The molecule has 8 heteroatoms. The van der Waals surface area contributed by atoms with Crippen LogP contribution < -0.4 is 10.3 Å². The summed E-state index contributed by atoms with van der Waals surface area (Å²) in [5.41, 5.74) is 1.31. The van der Waals surface area contributed by atoms with E-state index in [4.69, 9.17) is 20.8 Å². The summed E-state index contributed by atoms with van der Waals surface area (Å²) in [7, 11) is 1.56. The molecule has 0 bridgehead atoms. The van der Waals surface area contributed by atoms with Gasteiger partial charge in [0, 0.05) is 17.3 Å². The number of aromatic amines is 1. The van der Waals surface area contributed by atoms with Crippen LogP contribution in [0.1, 0.15) is 11.6 Å². The molecule has 0 aliphatic heterocycles. The smallest absolute Gasteiger partial charge is 0.251 e. The van der Waals surface area contributed by atoms with Gasteiger partial charge in [0.05, 0.1) is 24.1 Å². The third kappa shape index (κ3) is 3.80. The standard InChI is InChI=1S/C16H14ClN3O3S/c1-9-5-14(21)20-16(19-9)24-8-15-18-7-13(23-15)10-3-4-12(22-2)11(17)6-10/h3-7H,8H2,1-2H3,(H,19,20,21). The van der Waals surface area contributed by atoms with Gasteiger partial charge in [-0.25, -0.2) is 9.97 Å². The van der Waals surface area contributed by atoms with E-state index in [0.717, 1.165) is 5.56 Å². The molecule has 6 nitrogen and oxygen atoms in total. The monoisotopic (exact) mass is 363 g/mol. The summed E-state index contributed by atoms with van der Waals surface area (Å²) in [5, 5.41) is 1.04. The van der Waals surface area contributed by atoms with Crippen LogP contribution in [0.5, 0.6) is 5.75 Å². The highest BCUT2D eigenvalue weighted by molar-refractivity contribution is 7.98. The lowest BCUT2D eigenvalue weighted by molar-refractivity contribution is 0.415. The van der Waals surface area contributed by atoms with Gasteiger partial charge in [-0.05, 0) is 25.1 Å². The van der Waals surface area contributed by atoms with Crippen LogP contribution in [-0.4, -0.2) is 22.1 Å². The first-order valence-electron chi connectivity index (χ1n) is 7.04. The van der Waals surface area contributed by atoms with Crippen LogP contribution in [0.4, 0.5) is 0 Å². The van der Waals surface area contributed by atoms with Gasteiger partial charge >= 0.3 is 0 Å². The van der Waals surface area contributed by atoms with Crippen LogP contribution in [0.3, 0.4) is 0 Å². The molecule has 0 radical (unpaired) electrons. The molecule has 3 aromatic rings. The Morgan fingerprint density at radius 3 is 2.92 bits per heavy atom. The molecule has 3 rings (SSSR count). The molecular formula is C16H14ClN3O3S. The van der Waals surface area contributed by atoms with Crippen molar-refractivity contribution in [2.75, 3.05) is 7.11 Å². The van der Waals surface area contributed by atoms with E-state index in [1.807, 2.05) is 6.07 Å². The topological polar surface area (TPSA) is 81.0 Å². The van der Waals surface area contributed by atoms with Gasteiger partial charge in [-0.1, -0.05) is 23.4 Å². The normalized spacial score (nSPS) is 10.8. The highest BCUT2D eigenvalue weighted by atomic mass is 35.5. The maximum Gasteiger partial charge on any atom is 0.251 e. The SMILES string of the molecule is COc1ccc(-c2cnc(CSc3nc(C)cc(=O)[nH]3)o2)cc1Cl. The molecule has 2 aromatic heterocycles. The number of methoxy groups -OCH3 is 1. The molecule has 0 unspecified atom stereocenters. The third-order valence-corrected chi connectivity index (χ3v) is 4.32. The van der Waals surface area contributed by atoms with Crippen LogP contribution >= 0.6 is 23.4 Å². The Hall–Kier alpha value is -2.25. The largest absolute Gasteiger partial charge is 0.495 e. The number of oxazole rings is 1. The van der Waals surface area contributed by atoms with Crippen molar-refractivity contribution in [3.8, 4) is 17.1 Å². The van der Waals surface area contributed by atoms with Gasteiger partial charge in [0.1, 0.15) is 5.75 Å². The van der Waals surface area contributed by atoms with E-state index in [9.17, 15) is 4.79 Å². The maximum atomic E-state index is 11.4. The number of nitrogens with zero attached hydrogens (tertiary/aromatic N) is 2. The van der Waals surface area contributed by atoms with E-state index in [2.05, 4.69) is 15.0 Å². The minimum absolute atomic E-state index is 0.175. The molecule has 0 aliphatic carbocycles. The van der Waals surface area contributed by atoms with Crippen molar-refractivity contribution in [1.82, 2.24) is 15.0 Å². The fourth-order valence-electron chi connectivity index (χ4n) is 2.08. The summed E-state index contributed by atoms with van der Waals surface area (Å²) in [6.45, 7) is 1.77. The van der Waals surface area contributed by atoms with Crippen molar-refractivity contribution in [2.24, 2.45) is 0 Å². The molecule has 1 N–H and O–H groups in total. The second-order valence-electron chi connectivity index (χ2n) is 4.95. The lowest BCUT2D eigenvalue weighted by Gasteiger charge is -2.03. The molecular weight excluding hydrogens is 350 g/mol. The van der Waals surface area contributed by atoms with Gasteiger partial charge < -0.3 is 14.1 Å². The van der Waals surface area contributed by atoms with Gasteiger partial charge in [-0.2, -0.15) is 0 Å². The molecule has 0 saturated heterocycles. The summed E-state index contributed by atoms with van der Waals surface area (Å²) < 4.78 is 10.9. The fourth-order valence-corrected chi connectivity index (χ4v) is 3.11.